The van der Waals surface area contributed by atoms with Gasteiger partial charge in [-0.15, -0.1) is 0 Å². The Morgan fingerprint density at radius 1 is 1.37 bits per heavy atom. The molecule has 0 saturated heterocycles. The highest BCUT2D eigenvalue weighted by Crippen LogP contribution is 2.13. The summed E-state index contributed by atoms with van der Waals surface area (Å²) in [6.07, 6.45) is 1.13. The molecule has 4 nitrogen and oxygen atoms in total. The minimum atomic E-state index is -3.30. The van der Waals surface area contributed by atoms with Crippen LogP contribution in [0.2, 0.25) is 0 Å². The Bertz CT molecular complexity index is 590. The number of hydrogen-bond donors (Lipinski definition) is 0. The molecule has 1 amide bonds. The summed E-state index contributed by atoms with van der Waals surface area (Å²) in [6, 6.07) is 6.11. The van der Waals surface area contributed by atoms with Gasteiger partial charge in [0.2, 0.25) is 0 Å². The Kier molecular flexibility index (Phi) is 4.89. The normalized spacial score (nSPS) is 11.1. The number of rotatable bonds is 5. The van der Waals surface area contributed by atoms with Gasteiger partial charge in [0.1, 0.15) is 0 Å². The van der Waals surface area contributed by atoms with Crippen molar-refractivity contribution in [2.24, 2.45) is 0 Å². The standard InChI is InChI=1S/C14H19NO3S/c1-5-15(10-11(2)3)14(16)12-7-6-8-13(9-12)19(4,17)18/h6-9H,2,5,10H2,1,3-4H3. The molecule has 0 aliphatic rings. The molecule has 0 aliphatic carbocycles. The summed E-state index contributed by atoms with van der Waals surface area (Å²) in [7, 11) is -3.30. The summed E-state index contributed by atoms with van der Waals surface area (Å²) in [6.45, 7) is 8.53. The van der Waals surface area contributed by atoms with Crippen molar-refractivity contribution in [3.8, 4) is 0 Å². The predicted octanol–water partition coefficient (Wildman–Crippen LogP) is 2.13. The Labute approximate surface area is 114 Å². The number of carbonyl (C=O) groups is 1. The first-order chi connectivity index (χ1) is 8.75. The van der Waals surface area contributed by atoms with E-state index in [0.717, 1.165) is 11.8 Å². The van der Waals surface area contributed by atoms with E-state index in [0.29, 0.717) is 18.7 Å². The van der Waals surface area contributed by atoms with Crippen molar-refractivity contribution in [1.29, 1.82) is 0 Å². The summed E-state index contributed by atoms with van der Waals surface area (Å²) in [5.74, 6) is -0.184. The monoisotopic (exact) mass is 281 g/mol. The zero-order chi connectivity index (χ0) is 14.6. The van der Waals surface area contributed by atoms with Crippen molar-refractivity contribution in [3.63, 3.8) is 0 Å². The van der Waals surface area contributed by atoms with E-state index in [1.54, 1.807) is 17.0 Å². The largest absolute Gasteiger partial charge is 0.335 e. The lowest BCUT2D eigenvalue weighted by Crippen LogP contribution is -2.32. The number of likely N-dealkylation sites (N-methyl/N-ethyl adjacent to an activating group) is 1. The van der Waals surface area contributed by atoms with Crippen molar-refractivity contribution in [2.45, 2.75) is 18.7 Å². The highest BCUT2D eigenvalue weighted by molar-refractivity contribution is 7.90. The molecule has 0 atom stereocenters. The fraction of sp³-hybridized carbons (Fsp3) is 0.357. The molecule has 0 radical (unpaired) electrons. The first-order valence-corrected chi connectivity index (χ1v) is 7.88. The zero-order valence-corrected chi connectivity index (χ0v) is 12.3. The van der Waals surface area contributed by atoms with E-state index in [-0.39, 0.29) is 10.8 Å². The lowest BCUT2D eigenvalue weighted by atomic mass is 10.2. The molecule has 5 heteroatoms. The highest BCUT2D eigenvalue weighted by atomic mass is 32.2. The minimum Gasteiger partial charge on any atom is -0.335 e. The van der Waals surface area contributed by atoms with Gasteiger partial charge >= 0.3 is 0 Å². The maximum absolute atomic E-state index is 12.3. The Balaban J connectivity index is 3.09. The van der Waals surface area contributed by atoms with Crippen LogP contribution in [0.3, 0.4) is 0 Å². The van der Waals surface area contributed by atoms with Gasteiger partial charge in [0, 0.05) is 24.9 Å². The molecule has 1 aromatic rings. The lowest BCUT2D eigenvalue weighted by molar-refractivity contribution is 0.0778. The van der Waals surface area contributed by atoms with E-state index < -0.39 is 9.84 Å². The smallest absolute Gasteiger partial charge is 0.254 e. The molecular weight excluding hydrogens is 262 g/mol. The first-order valence-electron chi connectivity index (χ1n) is 5.99. The third-order valence-electron chi connectivity index (χ3n) is 2.64. The SMILES string of the molecule is C=C(C)CN(CC)C(=O)c1cccc(S(C)(=O)=O)c1. The molecule has 1 aromatic carbocycles. The van der Waals surface area contributed by atoms with Crippen LogP contribution in [0.5, 0.6) is 0 Å². The second kappa shape index (κ2) is 6.02. The number of sulfone groups is 1. The zero-order valence-electron chi connectivity index (χ0n) is 11.5. The van der Waals surface area contributed by atoms with E-state index in [1.807, 2.05) is 13.8 Å². The van der Waals surface area contributed by atoms with Crippen molar-refractivity contribution in [2.75, 3.05) is 19.3 Å². The molecule has 0 N–H and O–H groups in total. The van der Waals surface area contributed by atoms with Crippen molar-refractivity contribution in [3.05, 3.63) is 42.0 Å². The van der Waals surface area contributed by atoms with Crippen molar-refractivity contribution in [1.82, 2.24) is 4.90 Å². The minimum absolute atomic E-state index is 0.157. The molecule has 0 spiro atoms. The van der Waals surface area contributed by atoms with E-state index in [2.05, 4.69) is 6.58 Å². The third kappa shape index (κ3) is 4.21. The average Bonchev–Trinajstić information content (AvgIpc) is 2.34. The summed E-state index contributed by atoms with van der Waals surface area (Å²) >= 11 is 0. The van der Waals surface area contributed by atoms with Gasteiger partial charge in [-0.2, -0.15) is 0 Å². The van der Waals surface area contributed by atoms with Crippen LogP contribution in [0, 0.1) is 0 Å². The van der Waals surface area contributed by atoms with Crippen LogP contribution in [-0.4, -0.2) is 38.6 Å². The van der Waals surface area contributed by atoms with Crippen molar-refractivity contribution < 1.29 is 13.2 Å². The second-order valence-corrected chi connectivity index (χ2v) is 6.59. The number of carbonyl (C=O) groups excluding carboxylic acids is 1. The van der Waals surface area contributed by atoms with Crippen LogP contribution in [-0.2, 0) is 9.84 Å². The molecule has 104 valence electrons. The fourth-order valence-corrected chi connectivity index (χ4v) is 2.36. The van der Waals surface area contributed by atoms with Gasteiger partial charge in [-0.25, -0.2) is 8.42 Å². The average molecular weight is 281 g/mol. The Hall–Kier alpha value is -1.62. The van der Waals surface area contributed by atoms with E-state index in [1.165, 1.54) is 12.1 Å². The maximum atomic E-state index is 12.3. The highest BCUT2D eigenvalue weighted by Gasteiger charge is 2.16. The quantitative estimate of drug-likeness (QED) is 0.777. The molecule has 1 rings (SSSR count). The molecule has 19 heavy (non-hydrogen) atoms. The molecule has 0 bridgehead atoms. The molecule has 0 aromatic heterocycles. The maximum Gasteiger partial charge on any atom is 0.254 e. The number of amides is 1. The van der Waals surface area contributed by atoms with Crippen LogP contribution < -0.4 is 0 Å². The molecule has 0 unspecified atom stereocenters. The molecule has 0 fully saturated rings. The number of benzene rings is 1. The second-order valence-electron chi connectivity index (χ2n) is 4.58. The number of nitrogens with zero attached hydrogens (tertiary/aromatic N) is 1. The summed E-state index contributed by atoms with van der Waals surface area (Å²) in [4.78, 5) is 14.1. The van der Waals surface area contributed by atoms with Crippen LogP contribution in [0.25, 0.3) is 0 Å². The van der Waals surface area contributed by atoms with Crippen LogP contribution in [0.1, 0.15) is 24.2 Å². The summed E-state index contributed by atoms with van der Waals surface area (Å²) < 4.78 is 23.0. The van der Waals surface area contributed by atoms with E-state index >= 15 is 0 Å². The van der Waals surface area contributed by atoms with Gasteiger partial charge in [-0.05, 0) is 32.0 Å². The fourth-order valence-electron chi connectivity index (χ4n) is 1.70. The van der Waals surface area contributed by atoms with Crippen molar-refractivity contribution >= 4 is 15.7 Å². The molecule has 0 saturated carbocycles. The molecular formula is C14H19NO3S. The van der Waals surface area contributed by atoms with E-state index in [4.69, 9.17) is 0 Å². The Morgan fingerprint density at radius 2 is 2.00 bits per heavy atom. The van der Waals surface area contributed by atoms with Gasteiger partial charge in [0.25, 0.3) is 5.91 Å². The molecule has 0 aliphatic heterocycles. The summed E-state index contributed by atoms with van der Waals surface area (Å²) in [5.41, 5.74) is 1.26. The van der Waals surface area contributed by atoms with Gasteiger partial charge in [0.05, 0.1) is 4.90 Å². The topological polar surface area (TPSA) is 54.5 Å². The lowest BCUT2D eigenvalue weighted by Gasteiger charge is -2.21. The van der Waals surface area contributed by atoms with Gasteiger partial charge in [0.15, 0.2) is 9.84 Å². The van der Waals surface area contributed by atoms with Gasteiger partial charge in [-0.3, -0.25) is 4.79 Å². The van der Waals surface area contributed by atoms with Gasteiger partial charge < -0.3 is 4.90 Å². The van der Waals surface area contributed by atoms with Crippen LogP contribution >= 0.6 is 0 Å². The predicted molar refractivity (Wildman–Crippen MR) is 75.9 cm³/mol. The van der Waals surface area contributed by atoms with Gasteiger partial charge in [-0.1, -0.05) is 18.2 Å². The number of hydrogen-bond acceptors (Lipinski definition) is 3. The molecule has 0 heterocycles. The third-order valence-corrected chi connectivity index (χ3v) is 3.75. The van der Waals surface area contributed by atoms with E-state index in [9.17, 15) is 13.2 Å². The van der Waals surface area contributed by atoms with Crippen LogP contribution in [0.15, 0.2) is 41.3 Å². The Morgan fingerprint density at radius 3 is 2.47 bits per heavy atom. The van der Waals surface area contributed by atoms with Crippen LogP contribution in [0.4, 0.5) is 0 Å². The first kappa shape index (κ1) is 15.4. The summed E-state index contributed by atoms with van der Waals surface area (Å²) in [5, 5.41) is 0.